The van der Waals surface area contributed by atoms with Crippen molar-refractivity contribution in [2.24, 2.45) is 11.3 Å². The summed E-state index contributed by atoms with van der Waals surface area (Å²) in [4.78, 5) is 63.5. The minimum absolute atomic E-state index is 0.0108. The summed E-state index contributed by atoms with van der Waals surface area (Å²) >= 11 is 0. The van der Waals surface area contributed by atoms with Gasteiger partial charge in [-0.05, 0) is 60.1 Å². The molecule has 310 valence electrons. The second-order valence-electron chi connectivity index (χ2n) is 15.8. The summed E-state index contributed by atoms with van der Waals surface area (Å²) in [5.74, 6) is -1.25. The van der Waals surface area contributed by atoms with E-state index in [4.69, 9.17) is 9.47 Å². The van der Waals surface area contributed by atoms with Gasteiger partial charge in [-0.2, -0.15) is 0 Å². The maximum absolute atomic E-state index is 14.8. The van der Waals surface area contributed by atoms with E-state index < -0.39 is 47.5 Å². The molecule has 3 aromatic rings. The van der Waals surface area contributed by atoms with Gasteiger partial charge in [-0.3, -0.25) is 15.2 Å². The Balaban J connectivity index is 1.63. The van der Waals surface area contributed by atoms with Gasteiger partial charge in [0.05, 0.1) is 38.6 Å². The number of carbonyl (C=O) groups excluding carboxylic acids is 4. The quantitative estimate of drug-likeness (QED) is 0.150. The second-order valence-corrected chi connectivity index (χ2v) is 15.8. The first-order chi connectivity index (χ1) is 27.0. The fraction of sp³-hybridized carbons (Fsp3) is 0.500. The van der Waals surface area contributed by atoms with E-state index in [0.29, 0.717) is 31.6 Å². The number of aryl methyl sites for hydroxylation is 1. The number of aliphatic hydroxyl groups is 1. The van der Waals surface area contributed by atoms with Crippen molar-refractivity contribution in [1.29, 1.82) is 0 Å². The number of aliphatic hydroxyl groups excluding tert-OH is 1. The lowest BCUT2D eigenvalue weighted by Gasteiger charge is -2.35. The fourth-order valence-corrected chi connectivity index (χ4v) is 6.77. The molecule has 4 unspecified atom stereocenters. The number of hydrogen-bond acceptors (Lipinski definition) is 9. The SMILES string of the molecule is CCC(C)C(C(=O)NC(Cc1ccccc1)C(O)CN(Cc1ccc(OC)c(F)c1)NC(=O)N(CC(C)(C)C)C(=O)OC)N1CCN(Cc2cccc(C)n2)C1=O. The largest absolute Gasteiger partial charge is 0.494 e. The summed E-state index contributed by atoms with van der Waals surface area (Å²) < 4.78 is 24.8. The number of carbonyl (C=O) groups is 4. The highest BCUT2D eigenvalue weighted by Crippen LogP contribution is 2.24. The van der Waals surface area contributed by atoms with E-state index in [2.05, 4.69) is 15.7 Å². The highest BCUT2D eigenvalue weighted by molar-refractivity contribution is 5.90. The lowest BCUT2D eigenvalue weighted by atomic mass is 9.95. The van der Waals surface area contributed by atoms with Gasteiger partial charge in [0, 0.05) is 38.4 Å². The summed E-state index contributed by atoms with van der Waals surface area (Å²) in [6.07, 6.45) is -1.38. The zero-order chi connectivity index (χ0) is 41.9. The zero-order valence-electron chi connectivity index (χ0n) is 34.3. The van der Waals surface area contributed by atoms with Gasteiger partial charge in [0.25, 0.3) is 0 Å². The maximum atomic E-state index is 14.8. The number of halogens is 1. The van der Waals surface area contributed by atoms with E-state index in [1.54, 1.807) is 15.9 Å². The summed E-state index contributed by atoms with van der Waals surface area (Å²) in [6, 6.07) is 16.4. The minimum atomic E-state index is -1.32. The molecular formula is C42H58FN7O7. The van der Waals surface area contributed by atoms with E-state index in [1.807, 2.05) is 90.1 Å². The molecule has 1 saturated heterocycles. The van der Waals surface area contributed by atoms with Gasteiger partial charge >= 0.3 is 18.2 Å². The Labute approximate surface area is 335 Å². The van der Waals surface area contributed by atoms with Crippen LogP contribution in [0.5, 0.6) is 5.75 Å². The van der Waals surface area contributed by atoms with Crippen molar-refractivity contribution in [3.05, 3.63) is 95.1 Å². The molecule has 0 spiro atoms. The molecule has 1 aliphatic heterocycles. The van der Waals surface area contributed by atoms with Crippen LogP contribution in [0.1, 0.15) is 63.6 Å². The van der Waals surface area contributed by atoms with E-state index in [9.17, 15) is 28.7 Å². The van der Waals surface area contributed by atoms with Gasteiger partial charge in [0.1, 0.15) is 6.04 Å². The molecule has 1 fully saturated rings. The Morgan fingerprint density at radius 1 is 1.02 bits per heavy atom. The molecule has 0 saturated carbocycles. The molecule has 57 heavy (non-hydrogen) atoms. The molecule has 2 heterocycles. The Kier molecular flexibility index (Phi) is 15.8. The molecule has 6 amide bonds. The molecule has 0 bridgehead atoms. The summed E-state index contributed by atoms with van der Waals surface area (Å²) in [6.45, 7) is 12.1. The van der Waals surface area contributed by atoms with Crippen molar-refractivity contribution in [3.63, 3.8) is 0 Å². The van der Waals surface area contributed by atoms with Gasteiger partial charge in [0.2, 0.25) is 5.91 Å². The van der Waals surface area contributed by atoms with Gasteiger partial charge in [-0.1, -0.05) is 83.5 Å². The Bertz CT molecular complexity index is 1830. The van der Waals surface area contributed by atoms with Crippen LogP contribution >= 0.6 is 0 Å². The first-order valence-corrected chi connectivity index (χ1v) is 19.3. The number of aromatic nitrogens is 1. The molecule has 1 aliphatic rings. The highest BCUT2D eigenvalue weighted by atomic mass is 19.1. The lowest BCUT2D eigenvalue weighted by Crippen LogP contribution is -2.59. The maximum Gasteiger partial charge on any atom is 0.417 e. The van der Waals surface area contributed by atoms with Gasteiger partial charge in [-0.25, -0.2) is 28.7 Å². The van der Waals surface area contributed by atoms with Crippen molar-refractivity contribution in [2.75, 3.05) is 40.4 Å². The summed E-state index contributed by atoms with van der Waals surface area (Å²) in [5.41, 5.74) is 5.08. The Hall–Kier alpha value is -5.28. The van der Waals surface area contributed by atoms with Gasteiger partial charge in [0.15, 0.2) is 11.6 Å². The van der Waals surface area contributed by atoms with Crippen LogP contribution in [0.3, 0.4) is 0 Å². The second kappa shape index (κ2) is 20.2. The standard InChI is InChI=1S/C42H58FN7O7/c1-9-28(2)37(49-21-20-47(40(49)54)25-32-17-13-14-29(3)44-32)38(52)45-34(23-30-15-11-10-12-16-30)35(51)26-48(24-31-18-19-36(56-7)33(43)22-31)46-39(53)50(41(55)57-8)27-42(4,5)6/h10-19,22,28,34-35,37,51H,9,20-21,23-27H2,1-8H3,(H,45,52)(H,46,53). The normalized spacial score (nSPS) is 15.2. The monoisotopic (exact) mass is 791 g/mol. The third kappa shape index (κ3) is 12.6. The Morgan fingerprint density at radius 2 is 1.74 bits per heavy atom. The van der Waals surface area contributed by atoms with Crippen molar-refractivity contribution < 1.29 is 38.1 Å². The van der Waals surface area contributed by atoms with Crippen LogP contribution in [0, 0.1) is 24.1 Å². The first kappa shape index (κ1) is 44.4. The number of amides is 6. The molecule has 4 rings (SSSR count). The van der Waals surface area contributed by atoms with E-state index in [-0.39, 0.29) is 43.8 Å². The van der Waals surface area contributed by atoms with Crippen LogP contribution in [0.4, 0.5) is 18.8 Å². The topological polar surface area (TPSA) is 157 Å². The lowest BCUT2D eigenvalue weighted by molar-refractivity contribution is -0.128. The predicted molar refractivity (Wildman–Crippen MR) is 213 cm³/mol. The van der Waals surface area contributed by atoms with Crippen LogP contribution < -0.4 is 15.5 Å². The average Bonchev–Trinajstić information content (AvgIpc) is 3.51. The van der Waals surface area contributed by atoms with E-state index in [1.165, 1.54) is 31.4 Å². The first-order valence-electron chi connectivity index (χ1n) is 19.3. The predicted octanol–water partition coefficient (Wildman–Crippen LogP) is 5.52. The van der Waals surface area contributed by atoms with Gasteiger partial charge < -0.3 is 29.7 Å². The zero-order valence-corrected chi connectivity index (χ0v) is 34.3. The van der Waals surface area contributed by atoms with Crippen LogP contribution in [0.25, 0.3) is 0 Å². The molecule has 4 atom stereocenters. The van der Waals surface area contributed by atoms with Crippen molar-refractivity contribution in [3.8, 4) is 5.75 Å². The number of rotatable bonds is 17. The summed E-state index contributed by atoms with van der Waals surface area (Å²) in [5, 5.41) is 16.4. The molecule has 2 aromatic carbocycles. The smallest absolute Gasteiger partial charge is 0.417 e. The molecule has 3 N–H and O–H groups in total. The number of methoxy groups -OCH3 is 2. The number of hydrogen-bond donors (Lipinski definition) is 3. The van der Waals surface area contributed by atoms with E-state index >= 15 is 0 Å². The number of imide groups is 1. The Morgan fingerprint density at radius 3 is 2.35 bits per heavy atom. The molecule has 0 radical (unpaired) electrons. The minimum Gasteiger partial charge on any atom is -0.494 e. The van der Waals surface area contributed by atoms with Crippen LogP contribution in [0.15, 0.2) is 66.7 Å². The molecule has 14 nitrogen and oxygen atoms in total. The number of nitrogens with zero attached hydrogens (tertiary/aromatic N) is 5. The third-order valence-electron chi connectivity index (χ3n) is 9.83. The van der Waals surface area contributed by atoms with Gasteiger partial charge in [-0.15, -0.1) is 0 Å². The van der Waals surface area contributed by atoms with Crippen LogP contribution in [0.2, 0.25) is 0 Å². The number of pyridine rings is 1. The van der Waals surface area contributed by atoms with Crippen LogP contribution in [-0.4, -0.2) is 112 Å². The van der Waals surface area contributed by atoms with Crippen molar-refractivity contribution in [2.45, 2.75) is 85.7 Å². The number of ether oxygens (including phenoxy) is 2. The molecule has 15 heteroatoms. The van der Waals surface area contributed by atoms with Crippen LogP contribution in [-0.2, 0) is 29.0 Å². The third-order valence-corrected chi connectivity index (χ3v) is 9.83. The molecule has 0 aliphatic carbocycles. The molecule has 1 aromatic heterocycles. The highest BCUT2D eigenvalue weighted by Gasteiger charge is 2.41. The number of hydrazine groups is 1. The van der Waals surface area contributed by atoms with Crippen molar-refractivity contribution >= 4 is 24.1 Å². The number of benzene rings is 2. The average molecular weight is 792 g/mol. The summed E-state index contributed by atoms with van der Waals surface area (Å²) in [7, 11) is 2.52. The fourth-order valence-electron chi connectivity index (χ4n) is 6.77. The number of nitrogens with one attached hydrogen (secondary N) is 2. The molecular weight excluding hydrogens is 734 g/mol. The number of urea groups is 2. The van der Waals surface area contributed by atoms with E-state index in [0.717, 1.165) is 21.9 Å². The van der Waals surface area contributed by atoms with Crippen molar-refractivity contribution in [1.82, 2.24) is 35.4 Å².